The molecule has 2 aromatic rings. The summed E-state index contributed by atoms with van der Waals surface area (Å²) in [4.78, 5) is 17.3. The zero-order valence-corrected chi connectivity index (χ0v) is 13.5. The summed E-state index contributed by atoms with van der Waals surface area (Å²) in [7, 11) is 0. The number of benzene rings is 2. The molecule has 1 atom stereocenters. The first-order valence-electron chi connectivity index (χ1n) is 8.08. The first-order valence-corrected chi connectivity index (χ1v) is 8.08. The van der Waals surface area contributed by atoms with Crippen molar-refractivity contribution < 1.29 is 18.4 Å². The Morgan fingerprint density at radius 1 is 1.12 bits per heavy atom. The van der Waals surface area contributed by atoms with Crippen molar-refractivity contribution in [3.05, 3.63) is 71.3 Å². The third kappa shape index (κ3) is 4.86. The van der Waals surface area contributed by atoms with Crippen LogP contribution in [-0.4, -0.2) is 24.3 Å². The van der Waals surface area contributed by atoms with E-state index in [-0.39, 0.29) is 17.5 Å². The van der Waals surface area contributed by atoms with Gasteiger partial charge in [0, 0.05) is 19.4 Å². The molecular weight excluding hydrogens is 326 g/mol. The van der Waals surface area contributed by atoms with Gasteiger partial charge < -0.3 is 10.2 Å². The lowest BCUT2D eigenvalue weighted by atomic mass is 10.0. The second-order valence-corrected chi connectivity index (χ2v) is 5.93. The molecule has 0 bridgehead atoms. The number of hydrogen-bond acceptors (Lipinski definition) is 3. The molecule has 0 saturated heterocycles. The van der Waals surface area contributed by atoms with Gasteiger partial charge >= 0.3 is 0 Å². The predicted molar refractivity (Wildman–Crippen MR) is 90.1 cm³/mol. The summed E-state index contributed by atoms with van der Waals surface area (Å²) in [6.07, 6.45) is 0.818. The van der Waals surface area contributed by atoms with E-state index < -0.39 is 6.10 Å². The Hall–Kier alpha value is -2.76. The molecule has 4 nitrogen and oxygen atoms in total. The van der Waals surface area contributed by atoms with Gasteiger partial charge in [-0.25, -0.2) is 8.78 Å². The maximum absolute atomic E-state index is 13.1. The van der Waals surface area contributed by atoms with E-state index in [9.17, 15) is 13.6 Å². The van der Waals surface area contributed by atoms with Crippen molar-refractivity contribution in [1.82, 2.24) is 5.32 Å². The van der Waals surface area contributed by atoms with Crippen LogP contribution in [0.2, 0.25) is 0 Å². The van der Waals surface area contributed by atoms with Gasteiger partial charge in [-0.3, -0.25) is 4.79 Å². The molecule has 6 heteroatoms. The van der Waals surface area contributed by atoms with Crippen LogP contribution < -0.4 is 5.32 Å². The van der Waals surface area contributed by atoms with Crippen molar-refractivity contribution in [2.75, 3.05) is 6.54 Å². The molecule has 0 fully saturated rings. The molecule has 1 aliphatic rings. The predicted octanol–water partition coefficient (Wildman–Crippen LogP) is 3.01. The van der Waals surface area contributed by atoms with Gasteiger partial charge in [-0.15, -0.1) is 0 Å². The lowest BCUT2D eigenvalue weighted by Gasteiger charge is -2.09. The highest BCUT2D eigenvalue weighted by Crippen LogP contribution is 2.15. The van der Waals surface area contributed by atoms with Gasteiger partial charge in [-0.2, -0.15) is 0 Å². The van der Waals surface area contributed by atoms with Gasteiger partial charge in [-0.1, -0.05) is 29.4 Å². The number of oxime groups is 1. The minimum Gasteiger partial charge on any atom is -0.382 e. The molecule has 0 saturated carbocycles. The van der Waals surface area contributed by atoms with Gasteiger partial charge in [-0.05, 0) is 41.8 Å². The van der Waals surface area contributed by atoms with E-state index in [2.05, 4.69) is 10.5 Å². The summed E-state index contributed by atoms with van der Waals surface area (Å²) in [6.45, 7) is 0.398. The van der Waals surface area contributed by atoms with Gasteiger partial charge in [0.2, 0.25) is 6.10 Å². The molecule has 1 amide bonds. The summed E-state index contributed by atoms with van der Waals surface area (Å²) >= 11 is 0. The van der Waals surface area contributed by atoms with Crippen molar-refractivity contribution >= 4 is 11.6 Å². The normalized spacial score (nSPS) is 16.2. The van der Waals surface area contributed by atoms with Crippen LogP contribution in [0.4, 0.5) is 8.78 Å². The lowest BCUT2D eigenvalue weighted by molar-refractivity contribution is -0.131. The fourth-order valence-electron chi connectivity index (χ4n) is 2.65. The molecule has 0 spiro atoms. The van der Waals surface area contributed by atoms with Gasteiger partial charge in [0.1, 0.15) is 11.6 Å². The number of nitrogens with one attached hydrogen (secondary N) is 1. The molecule has 1 N–H and O–H groups in total. The summed E-state index contributed by atoms with van der Waals surface area (Å²) in [5, 5.41) is 6.72. The van der Waals surface area contributed by atoms with Crippen LogP contribution >= 0.6 is 0 Å². The first-order chi connectivity index (χ1) is 12.1. The summed E-state index contributed by atoms with van der Waals surface area (Å²) in [5.41, 5.74) is 2.48. The molecule has 0 aliphatic carbocycles. The Kier molecular flexibility index (Phi) is 5.38. The molecule has 0 radical (unpaired) electrons. The van der Waals surface area contributed by atoms with E-state index in [1.807, 2.05) is 6.07 Å². The van der Waals surface area contributed by atoms with Gasteiger partial charge in [0.05, 0.1) is 5.71 Å². The number of halogens is 2. The summed E-state index contributed by atoms with van der Waals surface area (Å²) in [6, 6.07) is 12.4. The van der Waals surface area contributed by atoms with E-state index in [1.54, 1.807) is 18.2 Å². The smallest absolute Gasteiger partial charge is 0.264 e. The van der Waals surface area contributed by atoms with Gasteiger partial charge in [0.25, 0.3) is 5.91 Å². The van der Waals surface area contributed by atoms with Crippen LogP contribution in [0.15, 0.2) is 53.7 Å². The van der Waals surface area contributed by atoms with Crippen molar-refractivity contribution in [2.24, 2.45) is 5.16 Å². The van der Waals surface area contributed by atoms with Crippen LogP contribution in [0.25, 0.3) is 0 Å². The quantitative estimate of drug-likeness (QED) is 0.876. The Morgan fingerprint density at radius 3 is 2.68 bits per heavy atom. The summed E-state index contributed by atoms with van der Waals surface area (Å²) < 4.78 is 26.0. The number of carbonyl (C=O) groups excluding carboxylic acids is 1. The fraction of sp³-hybridized carbons (Fsp3) is 0.263. The number of nitrogens with zero attached hydrogens (tertiary/aromatic N) is 1. The van der Waals surface area contributed by atoms with Crippen molar-refractivity contribution in [2.45, 2.75) is 25.4 Å². The molecule has 25 heavy (non-hydrogen) atoms. The van der Waals surface area contributed by atoms with Crippen LogP contribution in [0, 0.1) is 11.6 Å². The first kappa shape index (κ1) is 17.1. The van der Waals surface area contributed by atoms with Crippen molar-refractivity contribution in [3.63, 3.8) is 0 Å². The van der Waals surface area contributed by atoms with Gasteiger partial charge in [0.15, 0.2) is 0 Å². The van der Waals surface area contributed by atoms with Crippen molar-refractivity contribution in [3.8, 4) is 0 Å². The van der Waals surface area contributed by atoms with E-state index in [4.69, 9.17) is 4.84 Å². The maximum atomic E-state index is 13.1. The number of amides is 1. The highest BCUT2D eigenvalue weighted by molar-refractivity contribution is 5.93. The number of carbonyl (C=O) groups is 1. The van der Waals surface area contributed by atoms with Crippen molar-refractivity contribution in [1.29, 1.82) is 0 Å². The fourth-order valence-corrected chi connectivity index (χ4v) is 2.65. The molecule has 3 rings (SSSR count). The largest absolute Gasteiger partial charge is 0.382 e. The Bertz CT molecular complexity index is 775. The zero-order valence-electron chi connectivity index (χ0n) is 13.5. The monoisotopic (exact) mass is 344 g/mol. The minimum atomic E-state index is -0.650. The van der Waals surface area contributed by atoms with Crippen LogP contribution in [0.1, 0.15) is 17.5 Å². The maximum Gasteiger partial charge on any atom is 0.264 e. The summed E-state index contributed by atoms with van der Waals surface area (Å²) in [5.74, 6) is -0.819. The average molecular weight is 344 g/mol. The average Bonchev–Trinajstić information content (AvgIpc) is 3.06. The highest BCUT2D eigenvalue weighted by atomic mass is 19.1. The highest BCUT2D eigenvalue weighted by Gasteiger charge is 2.27. The molecule has 1 heterocycles. The van der Waals surface area contributed by atoms with Crippen LogP contribution in [-0.2, 0) is 22.5 Å². The van der Waals surface area contributed by atoms with Crippen LogP contribution in [0.5, 0.6) is 0 Å². The lowest BCUT2D eigenvalue weighted by Crippen LogP contribution is -2.36. The van der Waals surface area contributed by atoms with Crippen LogP contribution in [0.3, 0.4) is 0 Å². The Labute approximate surface area is 144 Å². The number of rotatable bonds is 6. The van der Waals surface area contributed by atoms with E-state index in [0.29, 0.717) is 25.8 Å². The third-order valence-electron chi connectivity index (χ3n) is 3.95. The number of hydrogen-bond donors (Lipinski definition) is 1. The van der Waals surface area contributed by atoms with E-state index in [0.717, 1.165) is 16.8 Å². The standard InChI is InChI=1S/C19H18F2N2O2/c20-15-6-4-14(5-7-15)11-17-12-18(25-23-17)19(24)22-9-8-13-2-1-3-16(21)10-13/h1-7,10,18H,8-9,11-12H2,(H,22,24)/t18-/m0/s1. The minimum absolute atomic E-state index is 0.241. The topological polar surface area (TPSA) is 50.7 Å². The molecule has 0 unspecified atom stereocenters. The molecule has 130 valence electrons. The molecule has 0 aromatic heterocycles. The zero-order chi connectivity index (χ0) is 17.6. The molecular formula is C19H18F2N2O2. The van der Waals surface area contributed by atoms with E-state index in [1.165, 1.54) is 24.3 Å². The molecule has 1 aliphatic heterocycles. The Balaban J connectivity index is 1.43. The molecule has 2 aromatic carbocycles. The van der Waals surface area contributed by atoms with E-state index >= 15 is 0 Å². The third-order valence-corrected chi connectivity index (χ3v) is 3.95. The Morgan fingerprint density at radius 2 is 1.92 bits per heavy atom. The second-order valence-electron chi connectivity index (χ2n) is 5.93. The SMILES string of the molecule is O=C(NCCc1cccc(F)c1)[C@@H]1CC(Cc2ccc(F)cc2)=NO1. The second kappa shape index (κ2) is 7.88.